The van der Waals surface area contributed by atoms with Crippen molar-refractivity contribution in [1.29, 1.82) is 0 Å². The van der Waals surface area contributed by atoms with Gasteiger partial charge >= 0.3 is 0 Å². The quantitative estimate of drug-likeness (QED) is 0.777. The molecule has 0 atom stereocenters. The van der Waals surface area contributed by atoms with Crippen molar-refractivity contribution in [2.75, 3.05) is 13.0 Å². The molecule has 18 heavy (non-hydrogen) atoms. The van der Waals surface area contributed by atoms with Gasteiger partial charge in [0, 0.05) is 23.9 Å². The molecule has 1 heterocycles. The molecule has 0 N–H and O–H groups in total. The molecule has 0 bridgehead atoms. The second-order valence-corrected chi connectivity index (χ2v) is 4.20. The first-order valence-electron chi connectivity index (χ1n) is 5.60. The first kappa shape index (κ1) is 12.9. The predicted octanol–water partition coefficient (Wildman–Crippen LogP) is 3.66. The van der Waals surface area contributed by atoms with E-state index in [1.165, 1.54) is 13.2 Å². The third kappa shape index (κ3) is 2.82. The summed E-state index contributed by atoms with van der Waals surface area (Å²) in [4.78, 5) is 0. The minimum Gasteiger partial charge on any atom is -0.494 e. The van der Waals surface area contributed by atoms with Gasteiger partial charge in [0.1, 0.15) is 11.5 Å². The molecular weight excluding hydrogens is 257 g/mol. The Bertz CT molecular complexity index is 527. The molecular formula is C13H13ClFNO2. The zero-order chi connectivity index (χ0) is 13.0. The van der Waals surface area contributed by atoms with Gasteiger partial charge in [0.2, 0.25) is 0 Å². The Morgan fingerprint density at radius 2 is 2.22 bits per heavy atom. The van der Waals surface area contributed by atoms with Gasteiger partial charge < -0.3 is 9.26 Å². The standard InChI is InChI=1S/C13H13ClFNO2/c1-17-13-5-4-9(7-11(13)15)12-8-10(18-16-12)3-2-6-14/h4-5,7-8H,2-3,6H2,1H3. The van der Waals surface area contributed by atoms with Gasteiger partial charge in [0.15, 0.2) is 11.6 Å². The maximum atomic E-state index is 13.5. The van der Waals surface area contributed by atoms with Crippen LogP contribution in [-0.4, -0.2) is 18.1 Å². The van der Waals surface area contributed by atoms with Crippen LogP contribution in [0, 0.1) is 5.82 Å². The van der Waals surface area contributed by atoms with E-state index in [1.54, 1.807) is 18.2 Å². The van der Waals surface area contributed by atoms with Crippen LogP contribution in [0.2, 0.25) is 0 Å². The minimum atomic E-state index is -0.416. The lowest BCUT2D eigenvalue weighted by Gasteiger charge is -2.02. The van der Waals surface area contributed by atoms with Crippen LogP contribution in [0.1, 0.15) is 12.2 Å². The molecule has 0 amide bonds. The number of halogens is 2. The lowest BCUT2D eigenvalue weighted by Crippen LogP contribution is -1.88. The van der Waals surface area contributed by atoms with Crippen LogP contribution < -0.4 is 4.74 Å². The third-order valence-electron chi connectivity index (χ3n) is 2.56. The number of nitrogens with zero attached hydrogens (tertiary/aromatic N) is 1. The highest BCUT2D eigenvalue weighted by Crippen LogP contribution is 2.25. The SMILES string of the molecule is COc1ccc(-c2cc(CCCCl)on2)cc1F. The fourth-order valence-corrected chi connectivity index (χ4v) is 1.77. The predicted molar refractivity (Wildman–Crippen MR) is 67.5 cm³/mol. The Balaban J connectivity index is 2.20. The Labute approximate surface area is 109 Å². The van der Waals surface area contributed by atoms with Gasteiger partial charge in [-0.25, -0.2) is 4.39 Å². The molecule has 0 spiro atoms. The molecule has 0 unspecified atom stereocenters. The molecule has 0 radical (unpaired) electrons. The van der Waals surface area contributed by atoms with Crippen LogP contribution in [0.5, 0.6) is 5.75 Å². The molecule has 2 rings (SSSR count). The Morgan fingerprint density at radius 3 is 2.89 bits per heavy atom. The highest BCUT2D eigenvalue weighted by molar-refractivity contribution is 6.17. The average Bonchev–Trinajstić information content (AvgIpc) is 2.85. The second-order valence-electron chi connectivity index (χ2n) is 3.82. The molecule has 1 aromatic heterocycles. The van der Waals surface area contributed by atoms with E-state index in [0.29, 0.717) is 17.1 Å². The number of benzene rings is 1. The Morgan fingerprint density at radius 1 is 1.39 bits per heavy atom. The molecule has 96 valence electrons. The van der Waals surface area contributed by atoms with Crippen LogP contribution in [-0.2, 0) is 6.42 Å². The molecule has 0 aliphatic carbocycles. The van der Waals surface area contributed by atoms with Crippen molar-refractivity contribution in [2.24, 2.45) is 0 Å². The molecule has 0 saturated heterocycles. The van der Waals surface area contributed by atoms with Crippen LogP contribution in [0.15, 0.2) is 28.8 Å². The highest BCUT2D eigenvalue weighted by Gasteiger charge is 2.09. The summed E-state index contributed by atoms with van der Waals surface area (Å²) in [5.41, 5.74) is 1.27. The molecule has 0 aliphatic heterocycles. The molecule has 5 heteroatoms. The number of methoxy groups -OCH3 is 1. The van der Waals surface area contributed by atoms with E-state index >= 15 is 0 Å². The molecule has 2 aromatic rings. The molecule has 0 saturated carbocycles. The summed E-state index contributed by atoms with van der Waals surface area (Å²) in [7, 11) is 1.43. The van der Waals surface area contributed by atoms with E-state index in [9.17, 15) is 4.39 Å². The minimum absolute atomic E-state index is 0.213. The van der Waals surface area contributed by atoms with Crippen molar-refractivity contribution >= 4 is 11.6 Å². The van der Waals surface area contributed by atoms with Crippen molar-refractivity contribution in [1.82, 2.24) is 5.16 Å². The van der Waals surface area contributed by atoms with Gasteiger partial charge in [0.25, 0.3) is 0 Å². The summed E-state index contributed by atoms with van der Waals surface area (Å²) in [6.45, 7) is 0. The summed E-state index contributed by atoms with van der Waals surface area (Å²) >= 11 is 5.60. The van der Waals surface area contributed by atoms with E-state index in [2.05, 4.69) is 5.16 Å². The lowest BCUT2D eigenvalue weighted by atomic mass is 10.1. The number of hydrogen-bond donors (Lipinski definition) is 0. The van der Waals surface area contributed by atoms with Crippen molar-refractivity contribution in [3.8, 4) is 17.0 Å². The average molecular weight is 270 g/mol. The third-order valence-corrected chi connectivity index (χ3v) is 2.83. The normalized spacial score (nSPS) is 10.6. The summed E-state index contributed by atoms with van der Waals surface area (Å²) in [6, 6.07) is 6.48. The number of ether oxygens (including phenoxy) is 1. The van der Waals surface area contributed by atoms with E-state index in [0.717, 1.165) is 18.6 Å². The maximum absolute atomic E-state index is 13.5. The number of alkyl halides is 1. The fourth-order valence-electron chi connectivity index (χ4n) is 1.63. The lowest BCUT2D eigenvalue weighted by molar-refractivity contribution is 0.383. The fraction of sp³-hybridized carbons (Fsp3) is 0.308. The number of rotatable bonds is 5. The Hall–Kier alpha value is -1.55. The summed E-state index contributed by atoms with van der Waals surface area (Å²) in [5.74, 6) is 1.12. The smallest absolute Gasteiger partial charge is 0.165 e. The van der Waals surface area contributed by atoms with E-state index in [4.69, 9.17) is 20.9 Å². The van der Waals surface area contributed by atoms with Crippen molar-refractivity contribution in [3.05, 3.63) is 35.8 Å². The van der Waals surface area contributed by atoms with E-state index in [1.807, 2.05) is 0 Å². The zero-order valence-electron chi connectivity index (χ0n) is 9.95. The zero-order valence-corrected chi connectivity index (χ0v) is 10.7. The van der Waals surface area contributed by atoms with Gasteiger partial charge in [-0.3, -0.25) is 0 Å². The van der Waals surface area contributed by atoms with Crippen molar-refractivity contribution in [2.45, 2.75) is 12.8 Å². The summed E-state index contributed by atoms with van der Waals surface area (Å²) in [6.07, 6.45) is 1.56. The number of aromatic nitrogens is 1. The van der Waals surface area contributed by atoms with E-state index in [-0.39, 0.29) is 5.75 Å². The van der Waals surface area contributed by atoms with Gasteiger partial charge in [-0.2, -0.15) is 0 Å². The number of aryl methyl sites for hydroxylation is 1. The molecule has 0 fully saturated rings. The van der Waals surface area contributed by atoms with Gasteiger partial charge in [-0.1, -0.05) is 5.16 Å². The summed E-state index contributed by atoms with van der Waals surface area (Å²) < 4.78 is 23.6. The van der Waals surface area contributed by atoms with Crippen LogP contribution >= 0.6 is 11.6 Å². The van der Waals surface area contributed by atoms with E-state index < -0.39 is 5.82 Å². The first-order valence-corrected chi connectivity index (χ1v) is 6.13. The molecule has 3 nitrogen and oxygen atoms in total. The van der Waals surface area contributed by atoms with Crippen molar-refractivity contribution < 1.29 is 13.7 Å². The number of hydrogen-bond acceptors (Lipinski definition) is 3. The van der Waals surface area contributed by atoms with Crippen LogP contribution in [0.3, 0.4) is 0 Å². The van der Waals surface area contributed by atoms with Gasteiger partial charge in [0.05, 0.1) is 7.11 Å². The maximum Gasteiger partial charge on any atom is 0.165 e. The van der Waals surface area contributed by atoms with Gasteiger partial charge in [-0.05, 0) is 24.6 Å². The monoisotopic (exact) mass is 269 g/mol. The topological polar surface area (TPSA) is 35.3 Å². The van der Waals surface area contributed by atoms with Crippen molar-refractivity contribution in [3.63, 3.8) is 0 Å². The highest BCUT2D eigenvalue weighted by atomic mass is 35.5. The second kappa shape index (κ2) is 5.87. The summed E-state index contributed by atoms with van der Waals surface area (Å²) in [5, 5.41) is 3.91. The largest absolute Gasteiger partial charge is 0.494 e. The molecule has 0 aliphatic rings. The van der Waals surface area contributed by atoms with Gasteiger partial charge in [-0.15, -0.1) is 11.6 Å². The molecule has 1 aromatic carbocycles. The Kier molecular flexibility index (Phi) is 4.20. The first-order chi connectivity index (χ1) is 8.74. The van der Waals surface area contributed by atoms with Crippen LogP contribution in [0.25, 0.3) is 11.3 Å². The van der Waals surface area contributed by atoms with Crippen LogP contribution in [0.4, 0.5) is 4.39 Å².